The standard InChI is InChI=1S/C23H25NO2S/c1-15(2)16-7-5-8-17(11-16)19(12-18-9-6-10-27-18)20-13-22(25-3)23(26-4)14-21(20)24/h5-15H,24H2,1-4H3/b19-12+. The highest BCUT2D eigenvalue weighted by atomic mass is 32.1. The van der Waals surface area contributed by atoms with Gasteiger partial charge in [0, 0.05) is 22.2 Å². The molecule has 27 heavy (non-hydrogen) atoms. The predicted octanol–water partition coefficient (Wildman–Crippen LogP) is 6.06. The Morgan fingerprint density at radius 2 is 1.74 bits per heavy atom. The average molecular weight is 380 g/mol. The van der Waals surface area contributed by atoms with Crippen molar-refractivity contribution in [2.75, 3.05) is 20.0 Å². The van der Waals surface area contributed by atoms with E-state index in [0.717, 1.165) is 16.7 Å². The van der Waals surface area contributed by atoms with Gasteiger partial charge in [0.25, 0.3) is 0 Å². The summed E-state index contributed by atoms with van der Waals surface area (Å²) in [5, 5.41) is 2.08. The number of nitrogens with two attached hydrogens (primary N) is 1. The fourth-order valence-corrected chi connectivity index (χ4v) is 3.68. The van der Waals surface area contributed by atoms with Gasteiger partial charge in [-0.2, -0.15) is 0 Å². The van der Waals surface area contributed by atoms with E-state index < -0.39 is 0 Å². The molecule has 0 atom stereocenters. The number of nitrogen functional groups attached to an aromatic ring is 1. The molecular weight excluding hydrogens is 354 g/mol. The molecular formula is C23H25NO2S. The number of hydrogen-bond donors (Lipinski definition) is 1. The molecule has 2 aromatic carbocycles. The van der Waals surface area contributed by atoms with Crippen LogP contribution >= 0.6 is 11.3 Å². The minimum absolute atomic E-state index is 0.454. The van der Waals surface area contributed by atoms with E-state index in [4.69, 9.17) is 15.2 Å². The number of rotatable bonds is 6. The Balaban J connectivity index is 2.22. The van der Waals surface area contributed by atoms with Crippen molar-refractivity contribution in [3.05, 3.63) is 75.5 Å². The first-order chi connectivity index (χ1) is 13.0. The summed E-state index contributed by atoms with van der Waals surface area (Å²) < 4.78 is 10.9. The third-order valence-corrected chi connectivity index (χ3v) is 5.36. The van der Waals surface area contributed by atoms with Gasteiger partial charge in [-0.1, -0.05) is 44.2 Å². The summed E-state index contributed by atoms with van der Waals surface area (Å²) in [6.45, 7) is 4.40. The van der Waals surface area contributed by atoms with Gasteiger partial charge in [0.2, 0.25) is 0 Å². The molecule has 140 valence electrons. The summed E-state index contributed by atoms with van der Waals surface area (Å²) in [5.74, 6) is 1.75. The van der Waals surface area contributed by atoms with Crippen molar-refractivity contribution < 1.29 is 9.47 Å². The Bertz CT molecular complexity index is 943. The van der Waals surface area contributed by atoms with Gasteiger partial charge < -0.3 is 15.2 Å². The largest absolute Gasteiger partial charge is 0.493 e. The Labute approximate surface area is 165 Å². The monoisotopic (exact) mass is 379 g/mol. The van der Waals surface area contributed by atoms with Crippen LogP contribution in [0.2, 0.25) is 0 Å². The first-order valence-corrected chi connectivity index (χ1v) is 9.79. The minimum atomic E-state index is 0.454. The van der Waals surface area contributed by atoms with E-state index in [1.165, 1.54) is 10.4 Å². The van der Waals surface area contributed by atoms with Gasteiger partial charge in [0.1, 0.15) is 0 Å². The zero-order chi connectivity index (χ0) is 19.4. The summed E-state index contributed by atoms with van der Waals surface area (Å²) in [4.78, 5) is 1.18. The van der Waals surface area contributed by atoms with Crippen LogP contribution < -0.4 is 15.2 Å². The first kappa shape index (κ1) is 19.1. The van der Waals surface area contributed by atoms with E-state index in [1.807, 2.05) is 12.1 Å². The predicted molar refractivity (Wildman–Crippen MR) is 116 cm³/mol. The molecule has 0 unspecified atom stereocenters. The lowest BCUT2D eigenvalue weighted by Crippen LogP contribution is -2.00. The molecule has 1 aromatic heterocycles. The van der Waals surface area contributed by atoms with Crippen LogP contribution in [0.1, 0.15) is 41.3 Å². The highest BCUT2D eigenvalue weighted by molar-refractivity contribution is 7.10. The molecule has 0 saturated heterocycles. The lowest BCUT2D eigenvalue weighted by atomic mass is 9.92. The van der Waals surface area contributed by atoms with Crippen molar-refractivity contribution in [3.8, 4) is 11.5 Å². The van der Waals surface area contributed by atoms with Crippen molar-refractivity contribution >= 4 is 28.7 Å². The smallest absolute Gasteiger partial charge is 0.162 e. The molecule has 3 nitrogen and oxygen atoms in total. The first-order valence-electron chi connectivity index (χ1n) is 8.91. The van der Waals surface area contributed by atoms with Gasteiger partial charge in [-0.25, -0.2) is 0 Å². The second-order valence-electron chi connectivity index (χ2n) is 6.65. The highest BCUT2D eigenvalue weighted by Crippen LogP contribution is 2.39. The van der Waals surface area contributed by atoms with Gasteiger partial charge in [-0.3, -0.25) is 0 Å². The molecule has 3 aromatic rings. The second kappa shape index (κ2) is 8.31. The number of thiophene rings is 1. The van der Waals surface area contributed by atoms with Crippen molar-refractivity contribution in [1.82, 2.24) is 0 Å². The molecule has 3 rings (SSSR count). The van der Waals surface area contributed by atoms with Gasteiger partial charge in [0.05, 0.1) is 14.2 Å². The van der Waals surface area contributed by atoms with Crippen molar-refractivity contribution in [2.45, 2.75) is 19.8 Å². The van der Waals surface area contributed by atoms with Gasteiger partial charge in [-0.05, 0) is 46.2 Å². The molecule has 0 spiro atoms. The number of methoxy groups -OCH3 is 2. The van der Waals surface area contributed by atoms with Crippen LogP contribution in [0.5, 0.6) is 11.5 Å². The van der Waals surface area contributed by atoms with Crippen LogP contribution in [0.3, 0.4) is 0 Å². The summed E-state index contributed by atoms with van der Waals surface area (Å²) >= 11 is 1.70. The molecule has 0 bridgehead atoms. The molecule has 0 amide bonds. The molecule has 0 saturated carbocycles. The lowest BCUT2D eigenvalue weighted by molar-refractivity contribution is 0.355. The minimum Gasteiger partial charge on any atom is -0.493 e. The van der Waals surface area contributed by atoms with Gasteiger partial charge >= 0.3 is 0 Å². The maximum Gasteiger partial charge on any atom is 0.162 e. The van der Waals surface area contributed by atoms with E-state index in [-0.39, 0.29) is 0 Å². The normalized spacial score (nSPS) is 11.7. The summed E-state index contributed by atoms with van der Waals surface area (Å²) in [6.07, 6.45) is 2.18. The Kier molecular flexibility index (Phi) is 5.87. The zero-order valence-electron chi connectivity index (χ0n) is 16.2. The van der Waals surface area contributed by atoms with Crippen LogP contribution in [-0.2, 0) is 0 Å². The Hall–Kier alpha value is -2.72. The molecule has 4 heteroatoms. The van der Waals surface area contributed by atoms with Crippen molar-refractivity contribution in [2.24, 2.45) is 0 Å². The fraction of sp³-hybridized carbons (Fsp3) is 0.217. The topological polar surface area (TPSA) is 44.5 Å². The molecule has 0 aliphatic rings. The van der Waals surface area contributed by atoms with E-state index in [2.05, 4.69) is 61.7 Å². The Morgan fingerprint density at radius 1 is 1.00 bits per heavy atom. The maximum atomic E-state index is 6.41. The molecule has 0 aliphatic heterocycles. The van der Waals surface area contributed by atoms with Crippen LogP contribution in [0.25, 0.3) is 11.6 Å². The average Bonchev–Trinajstić information content (AvgIpc) is 3.19. The third-order valence-electron chi connectivity index (χ3n) is 4.54. The number of anilines is 1. The molecule has 2 N–H and O–H groups in total. The van der Waals surface area contributed by atoms with E-state index >= 15 is 0 Å². The van der Waals surface area contributed by atoms with Gasteiger partial charge in [-0.15, -0.1) is 11.3 Å². The third kappa shape index (κ3) is 4.17. The van der Waals surface area contributed by atoms with E-state index in [9.17, 15) is 0 Å². The quantitative estimate of drug-likeness (QED) is 0.529. The summed E-state index contributed by atoms with van der Waals surface area (Å²) in [7, 11) is 3.26. The number of hydrogen-bond acceptors (Lipinski definition) is 4. The lowest BCUT2D eigenvalue weighted by Gasteiger charge is -2.16. The number of ether oxygens (including phenoxy) is 2. The second-order valence-corrected chi connectivity index (χ2v) is 7.63. The van der Waals surface area contributed by atoms with Gasteiger partial charge in [0.15, 0.2) is 11.5 Å². The van der Waals surface area contributed by atoms with Crippen molar-refractivity contribution in [3.63, 3.8) is 0 Å². The van der Waals surface area contributed by atoms with Crippen LogP contribution in [0.15, 0.2) is 53.9 Å². The zero-order valence-corrected chi connectivity index (χ0v) is 17.0. The molecule has 0 aliphatic carbocycles. The molecule has 0 fully saturated rings. The van der Waals surface area contributed by atoms with E-state index in [0.29, 0.717) is 23.1 Å². The SMILES string of the molecule is COc1cc(N)c(/C(=C/c2cccs2)c2cccc(C(C)C)c2)cc1OC. The van der Waals surface area contributed by atoms with Crippen molar-refractivity contribution in [1.29, 1.82) is 0 Å². The maximum absolute atomic E-state index is 6.41. The van der Waals surface area contributed by atoms with Crippen LogP contribution in [0.4, 0.5) is 5.69 Å². The number of benzene rings is 2. The summed E-state index contributed by atoms with van der Waals surface area (Å²) in [6, 6.07) is 16.6. The summed E-state index contributed by atoms with van der Waals surface area (Å²) in [5.41, 5.74) is 11.5. The Morgan fingerprint density at radius 3 is 2.37 bits per heavy atom. The van der Waals surface area contributed by atoms with Crippen LogP contribution in [-0.4, -0.2) is 14.2 Å². The molecule has 1 heterocycles. The highest BCUT2D eigenvalue weighted by Gasteiger charge is 2.15. The molecule has 0 radical (unpaired) electrons. The van der Waals surface area contributed by atoms with Crippen LogP contribution in [0, 0.1) is 0 Å². The fourth-order valence-electron chi connectivity index (χ4n) is 3.03. The van der Waals surface area contributed by atoms with E-state index in [1.54, 1.807) is 25.6 Å².